The van der Waals surface area contributed by atoms with Gasteiger partial charge in [-0.15, -0.1) is 0 Å². The van der Waals surface area contributed by atoms with Crippen LogP contribution in [-0.2, 0) is 6.42 Å². The summed E-state index contributed by atoms with van der Waals surface area (Å²) in [6.45, 7) is 6.24. The van der Waals surface area contributed by atoms with Crippen molar-refractivity contribution in [3.63, 3.8) is 0 Å². The highest BCUT2D eigenvalue weighted by Gasteiger charge is 2.27. The molecule has 2 atom stereocenters. The average molecular weight is 351 g/mol. The number of piperidine rings is 1. The minimum absolute atomic E-state index is 0.0612. The van der Waals surface area contributed by atoms with E-state index in [-0.39, 0.29) is 11.6 Å². The normalized spacial score (nSPS) is 19.7. The number of rotatable bonds is 4. The Labute approximate surface area is 152 Å². The Morgan fingerprint density at radius 2 is 2.19 bits per heavy atom. The first kappa shape index (κ1) is 17.0. The minimum atomic E-state index is -0.0612. The fourth-order valence-electron chi connectivity index (χ4n) is 3.99. The van der Waals surface area contributed by atoms with Crippen molar-refractivity contribution in [1.82, 2.24) is 24.4 Å². The van der Waals surface area contributed by atoms with Gasteiger partial charge in [0.25, 0.3) is 5.56 Å². The molecule has 0 aliphatic carbocycles. The van der Waals surface area contributed by atoms with E-state index in [9.17, 15) is 4.79 Å². The number of aromatic amines is 1. The number of likely N-dealkylation sites (tertiary alicyclic amines) is 1. The molecule has 4 rings (SSSR count). The molecule has 0 amide bonds. The van der Waals surface area contributed by atoms with Crippen molar-refractivity contribution in [1.29, 1.82) is 0 Å². The standard InChI is InChI=1S/C20H25N5O/c1-3-18-21-10-12-25(18)15-7-6-11-24(13-15)14(2)19-22-17-9-5-4-8-16(17)20(26)23-19/h4-5,8-10,12,14-15H,3,6-7,11,13H2,1-2H3,(H,22,23,26). The Morgan fingerprint density at radius 1 is 1.35 bits per heavy atom. The van der Waals surface area contributed by atoms with Crippen LogP contribution in [0.5, 0.6) is 0 Å². The topological polar surface area (TPSA) is 66.8 Å². The van der Waals surface area contributed by atoms with Crippen LogP contribution < -0.4 is 5.56 Å². The number of nitrogens with one attached hydrogen (secondary N) is 1. The average Bonchev–Trinajstić information content (AvgIpc) is 3.16. The lowest BCUT2D eigenvalue weighted by molar-refractivity contribution is 0.129. The number of para-hydroxylation sites is 1. The van der Waals surface area contributed by atoms with E-state index in [2.05, 4.69) is 39.5 Å². The molecule has 0 saturated carbocycles. The van der Waals surface area contributed by atoms with E-state index in [4.69, 9.17) is 4.98 Å². The van der Waals surface area contributed by atoms with E-state index < -0.39 is 0 Å². The molecule has 3 heterocycles. The minimum Gasteiger partial charge on any atom is -0.331 e. The fraction of sp³-hybridized carbons (Fsp3) is 0.450. The van der Waals surface area contributed by atoms with Crippen molar-refractivity contribution in [2.45, 2.75) is 45.2 Å². The van der Waals surface area contributed by atoms with Crippen molar-refractivity contribution in [2.24, 2.45) is 0 Å². The van der Waals surface area contributed by atoms with Gasteiger partial charge in [-0.1, -0.05) is 19.1 Å². The molecule has 1 fully saturated rings. The largest absolute Gasteiger partial charge is 0.331 e. The van der Waals surface area contributed by atoms with Gasteiger partial charge in [-0.3, -0.25) is 9.69 Å². The lowest BCUT2D eigenvalue weighted by atomic mass is 10.0. The molecule has 0 spiro atoms. The van der Waals surface area contributed by atoms with E-state index in [1.807, 2.05) is 30.5 Å². The molecule has 26 heavy (non-hydrogen) atoms. The van der Waals surface area contributed by atoms with Gasteiger partial charge in [0.05, 0.1) is 16.9 Å². The number of H-pyrrole nitrogens is 1. The molecule has 0 radical (unpaired) electrons. The summed E-state index contributed by atoms with van der Waals surface area (Å²) in [6, 6.07) is 8.01. The third-order valence-corrected chi connectivity index (χ3v) is 5.46. The van der Waals surface area contributed by atoms with Crippen molar-refractivity contribution in [2.75, 3.05) is 13.1 Å². The van der Waals surface area contributed by atoms with Crippen molar-refractivity contribution in [3.8, 4) is 0 Å². The van der Waals surface area contributed by atoms with Crippen LogP contribution in [0.25, 0.3) is 10.9 Å². The number of hydrogen-bond donors (Lipinski definition) is 1. The highest BCUT2D eigenvalue weighted by atomic mass is 16.1. The van der Waals surface area contributed by atoms with E-state index in [1.54, 1.807) is 0 Å². The maximum Gasteiger partial charge on any atom is 0.258 e. The first-order valence-corrected chi connectivity index (χ1v) is 9.42. The van der Waals surface area contributed by atoms with Gasteiger partial charge in [0, 0.05) is 31.4 Å². The predicted octanol–water partition coefficient (Wildman–Crippen LogP) is 3.08. The molecule has 1 aliphatic heterocycles. The third-order valence-electron chi connectivity index (χ3n) is 5.46. The molecule has 2 aromatic heterocycles. The monoisotopic (exact) mass is 351 g/mol. The lowest BCUT2D eigenvalue weighted by Crippen LogP contribution is -2.39. The molecular weight excluding hydrogens is 326 g/mol. The Balaban J connectivity index is 1.60. The second-order valence-electron chi connectivity index (χ2n) is 7.04. The summed E-state index contributed by atoms with van der Waals surface area (Å²) in [7, 11) is 0. The molecule has 3 aromatic rings. The van der Waals surface area contributed by atoms with Gasteiger partial charge in [-0.2, -0.15) is 0 Å². The summed E-state index contributed by atoms with van der Waals surface area (Å²) in [6.07, 6.45) is 7.22. The number of benzene rings is 1. The van der Waals surface area contributed by atoms with Crippen molar-refractivity contribution < 1.29 is 0 Å². The number of hydrogen-bond acceptors (Lipinski definition) is 4. The zero-order valence-corrected chi connectivity index (χ0v) is 15.4. The summed E-state index contributed by atoms with van der Waals surface area (Å²) in [5.41, 5.74) is 0.698. The van der Waals surface area contributed by atoms with E-state index in [0.717, 1.165) is 49.5 Å². The first-order chi connectivity index (χ1) is 12.7. The third kappa shape index (κ3) is 3.05. The second kappa shape index (κ2) is 7.03. The zero-order chi connectivity index (χ0) is 18.1. The van der Waals surface area contributed by atoms with Gasteiger partial charge >= 0.3 is 0 Å². The van der Waals surface area contributed by atoms with Crippen LogP contribution in [0.3, 0.4) is 0 Å². The van der Waals surface area contributed by atoms with E-state index in [0.29, 0.717) is 11.4 Å². The zero-order valence-electron chi connectivity index (χ0n) is 15.4. The number of aryl methyl sites for hydroxylation is 1. The van der Waals surface area contributed by atoms with Crippen LogP contribution in [-0.4, -0.2) is 37.5 Å². The summed E-state index contributed by atoms with van der Waals surface area (Å²) in [5, 5.41) is 0.644. The first-order valence-electron chi connectivity index (χ1n) is 9.42. The van der Waals surface area contributed by atoms with Crippen LogP contribution in [0.1, 0.15) is 50.4 Å². The van der Waals surface area contributed by atoms with Gasteiger partial charge < -0.3 is 9.55 Å². The SMILES string of the molecule is CCc1nccn1C1CCCN(C(C)c2nc3ccccc3c(=O)[nH]2)C1. The number of nitrogens with zero attached hydrogens (tertiary/aromatic N) is 4. The Morgan fingerprint density at radius 3 is 3.04 bits per heavy atom. The molecule has 1 aliphatic rings. The number of aromatic nitrogens is 4. The molecule has 6 heteroatoms. The lowest BCUT2D eigenvalue weighted by Gasteiger charge is -2.37. The second-order valence-corrected chi connectivity index (χ2v) is 7.04. The molecule has 0 bridgehead atoms. The summed E-state index contributed by atoms with van der Waals surface area (Å²) >= 11 is 0. The van der Waals surface area contributed by atoms with Gasteiger partial charge in [0.2, 0.25) is 0 Å². The van der Waals surface area contributed by atoms with Crippen LogP contribution in [0.2, 0.25) is 0 Å². The van der Waals surface area contributed by atoms with E-state index >= 15 is 0 Å². The van der Waals surface area contributed by atoms with Crippen LogP contribution in [0.15, 0.2) is 41.5 Å². The van der Waals surface area contributed by atoms with Gasteiger partial charge in [0.15, 0.2) is 0 Å². The number of imidazole rings is 1. The molecule has 1 aromatic carbocycles. The predicted molar refractivity (Wildman–Crippen MR) is 102 cm³/mol. The van der Waals surface area contributed by atoms with Crippen LogP contribution in [0.4, 0.5) is 0 Å². The maximum atomic E-state index is 12.4. The van der Waals surface area contributed by atoms with Crippen molar-refractivity contribution in [3.05, 3.63) is 58.7 Å². The summed E-state index contributed by atoms with van der Waals surface area (Å²) < 4.78 is 2.31. The van der Waals surface area contributed by atoms with E-state index in [1.165, 1.54) is 0 Å². The smallest absolute Gasteiger partial charge is 0.258 e. The Hall–Kier alpha value is -2.47. The van der Waals surface area contributed by atoms with Crippen LogP contribution in [0, 0.1) is 0 Å². The molecule has 136 valence electrons. The van der Waals surface area contributed by atoms with Gasteiger partial charge in [-0.05, 0) is 38.4 Å². The molecule has 1 saturated heterocycles. The Bertz CT molecular complexity index is 960. The summed E-state index contributed by atoms with van der Waals surface area (Å²) in [4.78, 5) is 27.0. The Kier molecular flexibility index (Phi) is 4.59. The van der Waals surface area contributed by atoms with Crippen molar-refractivity contribution >= 4 is 10.9 Å². The highest BCUT2D eigenvalue weighted by Crippen LogP contribution is 2.28. The quantitative estimate of drug-likeness (QED) is 0.784. The fourth-order valence-corrected chi connectivity index (χ4v) is 3.99. The van der Waals surface area contributed by atoms with Gasteiger partial charge in [-0.25, -0.2) is 9.97 Å². The molecular formula is C20H25N5O. The highest BCUT2D eigenvalue weighted by molar-refractivity contribution is 5.77. The number of fused-ring (bicyclic) bond motifs is 1. The molecule has 6 nitrogen and oxygen atoms in total. The molecule has 2 unspecified atom stereocenters. The van der Waals surface area contributed by atoms with Crippen LogP contribution >= 0.6 is 0 Å². The maximum absolute atomic E-state index is 12.4. The van der Waals surface area contributed by atoms with Gasteiger partial charge in [0.1, 0.15) is 11.6 Å². The summed E-state index contributed by atoms with van der Waals surface area (Å²) in [5.74, 6) is 1.89. The molecule has 1 N–H and O–H groups in total.